The lowest BCUT2D eigenvalue weighted by atomic mass is 9.90. The Morgan fingerprint density at radius 1 is 1.27 bits per heavy atom. The maximum atomic E-state index is 2.34. The zero-order chi connectivity index (χ0) is 8.91. The summed E-state index contributed by atoms with van der Waals surface area (Å²) in [4.78, 5) is 0. The van der Waals surface area contributed by atoms with E-state index < -0.39 is 0 Å². The van der Waals surface area contributed by atoms with Gasteiger partial charge in [-0.05, 0) is 32.8 Å². The van der Waals surface area contributed by atoms with Gasteiger partial charge in [0.25, 0.3) is 0 Å². The van der Waals surface area contributed by atoms with Gasteiger partial charge in [0.1, 0.15) is 6.42 Å². The first-order valence-electron chi connectivity index (χ1n) is 4.43. The normalized spacial score (nSPS) is 12.9. The van der Waals surface area contributed by atoms with Crippen molar-refractivity contribution in [1.29, 1.82) is 0 Å². The van der Waals surface area contributed by atoms with Crippen LogP contribution in [0.2, 0.25) is 0 Å². The molecule has 0 saturated heterocycles. The molecule has 11 heavy (non-hydrogen) atoms. The van der Waals surface area contributed by atoms with Crippen LogP contribution in [0.5, 0.6) is 0 Å². The fourth-order valence-electron chi connectivity index (χ4n) is 0.772. The molecule has 0 fully saturated rings. The molecule has 0 nitrogen and oxygen atoms in total. The van der Waals surface area contributed by atoms with Crippen LogP contribution in [-0.4, -0.2) is 0 Å². The first-order valence-corrected chi connectivity index (χ1v) is 4.43. The third-order valence-electron chi connectivity index (χ3n) is 1.39. The quantitative estimate of drug-likeness (QED) is 0.427. The van der Waals surface area contributed by atoms with Crippen LogP contribution in [0.3, 0.4) is 0 Å². The highest BCUT2D eigenvalue weighted by molar-refractivity contribution is 4.93. The van der Waals surface area contributed by atoms with Gasteiger partial charge in [-0.1, -0.05) is 19.9 Å². The fourth-order valence-corrected chi connectivity index (χ4v) is 0.772. The van der Waals surface area contributed by atoms with Gasteiger partial charge in [-0.3, -0.25) is 0 Å². The van der Waals surface area contributed by atoms with Crippen molar-refractivity contribution in [2.24, 2.45) is 11.3 Å². The molecule has 0 atom stereocenters. The van der Waals surface area contributed by atoms with Gasteiger partial charge in [0.05, 0.1) is 11.8 Å². The van der Waals surface area contributed by atoms with E-state index >= 15 is 0 Å². The molecule has 0 unspecified atom stereocenters. The van der Waals surface area contributed by atoms with E-state index in [1.54, 1.807) is 0 Å². The van der Waals surface area contributed by atoms with Crippen molar-refractivity contribution in [2.75, 3.05) is 0 Å². The molecule has 0 aromatic rings. The average Bonchev–Trinajstić information content (AvgIpc) is 1.78. The second kappa shape index (κ2) is 4.48. The van der Waals surface area contributed by atoms with E-state index in [-0.39, 0.29) is 0 Å². The van der Waals surface area contributed by atoms with Crippen molar-refractivity contribution >= 4 is 0 Å². The Labute approximate surface area is 71.7 Å². The molecular weight excluding hydrogens is 132 g/mol. The molecule has 0 rings (SSSR count). The summed E-state index contributed by atoms with van der Waals surface area (Å²) in [5, 5.41) is 0. The van der Waals surface area contributed by atoms with E-state index in [0.29, 0.717) is 11.3 Å². The van der Waals surface area contributed by atoms with Gasteiger partial charge in [0.2, 0.25) is 0 Å². The summed E-state index contributed by atoms with van der Waals surface area (Å²) in [6.45, 7) is 11.1. The second-order valence-electron chi connectivity index (χ2n) is 4.48. The minimum atomic E-state index is 0.362. The maximum absolute atomic E-state index is 2.34. The molecule has 0 spiro atoms. The van der Waals surface area contributed by atoms with Crippen molar-refractivity contribution in [2.45, 2.75) is 41.0 Å². The molecule has 0 heterocycles. The summed E-state index contributed by atoms with van der Waals surface area (Å²) < 4.78 is 0. The Kier molecular flexibility index (Phi) is 4.32. The van der Waals surface area contributed by atoms with Gasteiger partial charge < -0.3 is 0 Å². The van der Waals surface area contributed by atoms with Crippen LogP contribution >= 0.6 is 0 Å². The molecule has 0 aromatic heterocycles. The van der Waals surface area contributed by atoms with E-state index in [0.717, 1.165) is 6.42 Å². The molecule has 0 aliphatic carbocycles. The molecule has 0 aromatic carbocycles. The van der Waals surface area contributed by atoms with Crippen LogP contribution in [0, 0.1) is 17.8 Å². The molecular formula is C11H21+. The van der Waals surface area contributed by atoms with Crippen molar-refractivity contribution in [3.05, 3.63) is 18.6 Å². The van der Waals surface area contributed by atoms with Gasteiger partial charge in [0, 0.05) is 0 Å². The molecule has 0 N–H and O–H groups in total. The third-order valence-corrected chi connectivity index (χ3v) is 1.39. The van der Waals surface area contributed by atoms with Crippen LogP contribution in [0.4, 0.5) is 0 Å². The van der Waals surface area contributed by atoms with Crippen LogP contribution in [0.25, 0.3) is 0 Å². The lowest BCUT2D eigenvalue weighted by molar-refractivity contribution is 0.485. The predicted octanol–water partition coefficient (Wildman–Crippen LogP) is 3.84. The van der Waals surface area contributed by atoms with Crippen molar-refractivity contribution < 1.29 is 0 Å². The lowest BCUT2D eigenvalue weighted by Crippen LogP contribution is -2.04. The highest BCUT2D eigenvalue weighted by Crippen LogP contribution is 2.19. The largest absolute Gasteiger partial charge is 0.106 e. The van der Waals surface area contributed by atoms with Crippen molar-refractivity contribution in [3.63, 3.8) is 0 Å². The average molecular weight is 153 g/mol. The smallest absolute Gasteiger partial charge is 0.0818 e. The van der Waals surface area contributed by atoms with Gasteiger partial charge >= 0.3 is 0 Å². The Balaban J connectivity index is 3.42. The van der Waals surface area contributed by atoms with E-state index in [1.807, 2.05) is 0 Å². The predicted molar refractivity (Wildman–Crippen MR) is 52.4 cm³/mol. The van der Waals surface area contributed by atoms with E-state index in [9.17, 15) is 0 Å². The SMILES string of the molecule is CC(C)/C=C/C[CH+]C(C)(C)C. The molecule has 0 saturated carbocycles. The van der Waals surface area contributed by atoms with E-state index in [1.165, 1.54) is 0 Å². The Bertz CT molecular complexity index is 112. The minimum absolute atomic E-state index is 0.362. The Morgan fingerprint density at radius 2 is 1.82 bits per heavy atom. The van der Waals surface area contributed by atoms with Gasteiger partial charge in [-0.25, -0.2) is 0 Å². The molecule has 0 aliphatic rings. The molecule has 0 radical (unpaired) electrons. The first kappa shape index (κ1) is 10.6. The minimum Gasteiger partial charge on any atom is -0.0818 e. The van der Waals surface area contributed by atoms with Gasteiger partial charge in [-0.2, -0.15) is 0 Å². The summed E-state index contributed by atoms with van der Waals surface area (Å²) in [5.74, 6) is 0.684. The van der Waals surface area contributed by atoms with E-state index in [2.05, 4.69) is 53.2 Å². The summed E-state index contributed by atoms with van der Waals surface area (Å²) in [6.07, 6.45) is 7.94. The monoisotopic (exact) mass is 153 g/mol. The zero-order valence-electron chi connectivity index (χ0n) is 8.52. The third kappa shape index (κ3) is 9.61. The fraction of sp³-hybridized carbons (Fsp3) is 0.727. The molecule has 0 amide bonds. The lowest BCUT2D eigenvalue weighted by Gasteiger charge is -2.05. The number of hydrogen-bond acceptors (Lipinski definition) is 0. The van der Waals surface area contributed by atoms with Gasteiger partial charge in [0.15, 0.2) is 0 Å². The molecule has 64 valence electrons. The summed E-state index contributed by atoms with van der Waals surface area (Å²) in [6, 6.07) is 0. The molecule has 0 bridgehead atoms. The van der Waals surface area contributed by atoms with Crippen LogP contribution in [-0.2, 0) is 0 Å². The molecule has 0 aliphatic heterocycles. The maximum Gasteiger partial charge on any atom is 0.106 e. The highest BCUT2D eigenvalue weighted by atomic mass is 14.1. The Morgan fingerprint density at radius 3 is 2.18 bits per heavy atom. The summed E-state index contributed by atoms with van der Waals surface area (Å²) in [5.41, 5.74) is 0.362. The second-order valence-corrected chi connectivity index (χ2v) is 4.48. The zero-order valence-corrected chi connectivity index (χ0v) is 8.52. The number of rotatable bonds is 3. The summed E-state index contributed by atoms with van der Waals surface area (Å²) >= 11 is 0. The summed E-state index contributed by atoms with van der Waals surface area (Å²) in [7, 11) is 0. The van der Waals surface area contributed by atoms with Crippen molar-refractivity contribution in [3.8, 4) is 0 Å². The van der Waals surface area contributed by atoms with Crippen molar-refractivity contribution in [1.82, 2.24) is 0 Å². The number of hydrogen-bond donors (Lipinski definition) is 0. The standard InChI is InChI=1S/C11H21/c1-10(2)8-6-7-9-11(3,4)5/h6,8-10H,7H2,1-5H3/q+1/b8-6+. The van der Waals surface area contributed by atoms with Crippen LogP contribution in [0.15, 0.2) is 12.2 Å². The number of allylic oxidation sites excluding steroid dienone is 2. The topological polar surface area (TPSA) is 0 Å². The molecule has 0 heteroatoms. The highest BCUT2D eigenvalue weighted by Gasteiger charge is 2.17. The first-order chi connectivity index (χ1) is 4.92. The Hall–Kier alpha value is -0.390. The van der Waals surface area contributed by atoms with Crippen LogP contribution < -0.4 is 0 Å². The van der Waals surface area contributed by atoms with Crippen LogP contribution in [0.1, 0.15) is 41.0 Å². The van der Waals surface area contributed by atoms with E-state index in [4.69, 9.17) is 0 Å². The van der Waals surface area contributed by atoms with Gasteiger partial charge in [-0.15, -0.1) is 0 Å².